The van der Waals surface area contributed by atoms with Crippen LogP contribution in [0.1, 0.15) is 13.8 Å². The number of aliphatic carboxylic acids is 1. The highest BCUT2D eigenvalue weighted by Gasteiger charge is 2.53. The van der Waals surface area contributed by atoms with E-state index < -0.39 is 29.6 Å². The Morgan fingerprint density at radius 1 is 1.36 bits per heavy atom. The summed E-state index contributed by atoms with van der Waals surface area (Å²) in [5.41, 5.74) is -0.954. The molecule has 0 aromatic heterocycles. The zero-order valence-corrected chi connectivity index (χ0v) is 7.97. The van der Waals surface area contributed by atoms with Gasteiger partial charge in [-0.2, -0.15) is 0 Å². The molecular weight excluding hydrogens is 190 g/mol. The minimum atomic E-state index is -1.32. The molecule has 1 rings (SSSR count). The predicted molar refractivity (Wildman–Crippen MR) is 45.9 cm³/mol. The highest BCUT2D eigenvalue weighted by atomic mass is 16.4. The second kappa shape index (κ2) is 3.13. The fourth-order valence-electron chi connectivity index (χ4n) is 1.75. The summed E-state index contributed by atoms with van der Waals surface area (Å²) in [5, 5.41) is 27.1. The van der Waals surface area contributed by atoms with E-state index in [0.717, 1.165) is 4.90 Å². The van der Waals surface area contributed by atoms with Crippen molar-refractivity contribution in [2.75, 3.05) is 6.54 Å². The summed E-state index contributed by atoms with van der Waals surface area (Å²) in [6.07, 6.45) is -2.26. The van der Waals surface area contributed by atoms with Gasteiger partial charge in [0.05, 0.1) is 12.6 Å². The second-order valence-electron chi connectivity index (χ2n) is 4.01. The maximum atomic E-state index is 10.9. The third kappa shape index (κ3) is 1.41. The molecule has 0 aromatic carbocycles. The van der Waals surface area contributed by atoms with Crippen LogP contribution < -0.4 is 0 Å². The van der Waals surface area contributed by atoms with Crippen molar-refractivity contribution in [3.05, 3.63) is 0 Å². The largest absolute Gasteiger partial charge is 0.480 e. The van der Waals surface area contributed by atoms with Gasteiger partial charge in [0.15, 0.2) is 0 Å². The summed E-state index contributed by atoms with van der Waals surface area (Å²) < 4.78 is 0. The van der Waals surface area contributed by atoms with Gasteiger partial charge in [-0.3, -0.25) is 4.90 Å². The first-order valence-corrected chi connectivity index (χ1v) is 4.19. The van der Waals surface area contributed by atoms with Crippen LogP contribution in [-0.4, -0.2) is 51.0 Å². The van der Waals surface area contributed by atoms with Gasteiger partial charge in [0, 0.05) is 5.41 Å². The fourth-order valence-corrected chi connectivity index (χ4v) is 1.75. The molecule has 2 atom stereocenters. The quantitative estimate of drug-likeness (QED) is 0.549. The smallest absolute Gasteiger partial charge is 0.408 e. The van der Waals surface area contributed by atoms with Gasteiger partial charge in [-0.1, -0.05) is 13.8 Å². The van der Waals surface area contributed by atoms with Crippen molar-refractivity contribution < 1.29 is 24.9 Å². The molecule has 0 radical (unpaired) electrons. The molecule has 2 unspecified atom stereocenters. The Bertz CT molecular complexity index is 275. The third-order valence-electron chi connectivity index (χ3n) is 2.72. The topological polar surface area (TPSA) is 98.1 Å². The maximum absolute atomic E-state index is 10.9. The molecule has 80 valence electrons. The number of nitrogens with zero attached hydrogens (tertiary/aromatic N) is 1. The van der Waals surface area contributed by atoms with Crippen molar-refractivity contribution in [2.24, 2.45) is 5.41 Å². The maximum Gasteiger partial charge on any atom is 0.408 e. The van der Waals surface area contributed by atoms with Gasteiger partial charge in [0.2, 0.25) is 0 Å². The Labute approximate surface area is 80.8 Å². The van der Waals surface area contributed by atoms with Crippen molar-refractivity contribution in [1.29, 1.82) is 0 Å². The third-order valence-corrected chi connectivity index (χ3v) is 2.72. The molecule has 6 nitrogen and oxygen atoms in total. The number of aliphatic hydroxyl groups is 1. The van der Waals surface area contributed by atoms with Crippen molar-refractivity contribution in [1.82, 2.24) is 4.90 Å². The number of amides is 1. The second-order valence-corrected chi connectivity index (χ2v) is 4.01. The summed E-state index contributed by atoms with van der Waals surface area (Å²) >= 11 is 0. The Hall–Kier alpha value is -1.30. The molecule has 1 saturated heterocycles. The molecule has 1 aliphatic rings. The predicted octanol–water partition coefficient (Wildman–Crippen LogP) is -0.180. The van der Waals surface area contributed by atoms with E-state index in [0.29, 0.717) is 0 Å². The summed E-state index contributed by atoms with van der Waals surface area (Å²) in [4.78, 5) is 22.3. The molecule has 1 fully saturated rings. The average molecular weight is 203 g/mol. The van der Waals surface area contributed by atoms with E-state index in [2.05, 4.69) is 0 Å². The fraction of sp³-hybridized carbons (Fsp3) is 0.750. The van der Waals surface area contributed by atoms with Gasteiger partial charge < -0.3 is 15.3 Å². The Balaban J connectivity index is 3.04. The van der Waals surface area contributed by atoms with Crippen LogP contribution in [0.25, 0.3) is 0 Å². The standard InChI is InChI=1S/C8H13NO5/c1-8(2)4(10)3-9(7(13)14)5(8)6(11)12/h4-5,10H,3H2,1-2H3,(H,11,12)(H,13,14). The van der Waals surface area contributed by atoms with Crippen LogP contribution in [-0.2, 0) is 4.79 Å². The van der Waals surface area contributed by atoms with E-state index in [-0.39, 0.29) is 6.54 Å². The molecule has 14 heavy (non-hydrogen) atoms. The summed E-state index contributed by atoms with van der Waals surface area (Å²) in [5.74, 6) is -1.23. The number of carboxylic acid groups (broad SMARTS) is 2. The number of aliphatic hydroxyl groups excluding tert-OH is 1. The Morgan fingerprint density at radius 3 is 2.14 bits per heavy atom. The number of β-amino-alcohol motifs (C(OH)–C–C–N with tert-alkyl or cyclic N) is 1. The number of carboxylic acids is 1. The van der Waals surface area contributed by atoms with E-state index >= 15 is 0 Å². The molecule has 0 saturated carbocycles. The highest BCUT2D eigenvalue weighted by molar-refractivity contribution is 5.81. The van der Waals surface area contributed by atoms with Crippen molar-refractivity contribution in [2.45, 2.75) is 26.0 Å². The molecule has 1 amide bonds. The van der Waals surface area contributed by atoms with Crippen LogP contribution in [0.2, 0.25) is 0 Å². The minimum absolute atomic E-state index is 0.153. The van der Waals surface area contributed by atoms with Crippen LogP contribution in [0.3, 0.4) is 0 Å². The van der Waals surface area contributed by atoms with E-state index in [1.54, 1.807) is 13.8 Å². The van der Waals surface area contributed by atoms with Gasteiger partial charge in [-0.15, -0.1) is 0 Å². The van der Waals surface area contributed by atoms with Crippen molar-refractivity contribution in [3.63, 3.8) is 0 Å². The van der Waals surface area contributed by atoms with Gasteiger partial charge >= 0.3 is 12.1 Å². The first-order valence-electron chi connectivity index (χ1n) is 4.19. The van der Waals surface area contributed by atoms with Crippen LogP contribution in [0.5, 0.6) is 0 Å². The molecule has 1 heterocycles. The molecular formula is C8H13NO5. The zero-order chi connectivity index (χ0) is 11.1. The van der Waals surface area contributed by atoms with Crippen molar-refractivity contribution in [3.8, 4) is 0 Å². The number of hydrogen-bond donors (Lipinski definition) is 3. The van der Waals surface area contributed by atoms with Crippen LogP contribution in [0, 0.1) is 5.41 Å². The van der Waals surface area contributed by atoms with E-state index in [9.17, 15) is 14.7 Å². The van der Waals surface area contributed by atoms with Gasteiger partial charge in [0.25, 0.3) is 0 Å². The first kappa shape index (κ1) is 10.8. The summed E-state index contributed by atoms with van der Waals surface area (Å²) in [6, 6.07) is -1.19. The molecule has 0 aliphatic carbocycles. The SMILES string of the molecule is CC1(C)C(O)CN(C(=O)O)C1C(=O)O. The lowest BCUT2D eigenvalue weighted by atomic mass is 9.82. The van der Waals surface area contributed by atoms with Crippen LogP contribution in [0.15, 0.2) is 0 Å². The van der Waals surface area contributed by atoms with Gasteiger partial charge in [-0.25, -0.2) is 9.59 Å². The number of rotatable bonds is 1. The van der Waals surface area contributed by atoms with Gasteiger partial charge in [0.1, 0.15) is 6.04 Å². The molecule has 1 aliphatic heterocycles. The Morgan fingerprint density at radius 2 is 1.86 bits per heavy atom. The lowest BCUT2D eigenvalue weighted by molar-refractivity contribution is -0.145. The minimum Gasteiger partial charge on any atom is -0.480 e. The summed E-state index contributed by atoms with van der Waals surface area (Å²) in [6.45, 7) is 2.93. The number of likely N-dealkylation sites (tertiary alicyclic amines) is 1. The van der Waals surface area contributed by atoms with E-state index in [4.69, 9.17) is 10.2 Å². The monoisotopic (exact) mass is 203 g/mol. The molecule has 0 bridgehead atoms. The lowest BCUT2D eigenvalue weighted by Gasteiger charge is -2.28. The number of carbonyl (C=O) groups is 2. The highest BCUT2D eigenvalue weighted by Crippen LogP contribution is 2.36. The molecule has 0 spiro atoms. The van der Waals surface area contributed by atoms with Crippen LogP contribution in [0.4, 0.5) is 4.79 Å². The normalized spacial score (nSPS) is 30.4. The Kier molecular flexibility index (Phi) is 2.41. The lowest BCUT2D eigenvalue weighted by Crippen LogP contribution is -2.46. The molecule has 0 aromatic rings. The average Bonchev–Trinajstić information content (AvgIpc) is 2.23. The molecule has 6 heteroatoms. The summed E-state index contributed by atoms with van der Waals surface area (Å²) in [7, 11) is 0. The first-order chi connectivity index (χ1) is 6.28. The van der Waals surface area contributed by atoms with E-state index in [1.165, 1.54) is 0 Å². The van der Waals surface area contributed by atoms with E-state index in [1.807, 2.05) is 0 Å². The van der Waals surface area contributed by atoms with Crippen LogP contribution >= 0.6 is 0 Å². The van der Waals surface area contributed by atoms with Gasteiger partial charge in [-0.05, 0) is 0 Å². The van der Waals surface area contributed by atoms with Crippen molar-refractivity contribution >= 4 is 12.1 Å². The molecule has 3 N–H and O–H groups in total. The number of hydrogen-bond acceptors (Lipinski definition) is 3. The zero-order valence-electron chi connectivity index (χ0n) is 7.97.